The Morgan fingerprint density at radius 3 is 1.68 bits per heavy atom. The van der Waals surface area contributed by atoms with E-state index in [-0.39, 0.29) is 5.82 Å². The number of aliphatic hydroxyl groups is 1. The molecule has 1 N–H and O–H groups in total. The van der Waals surface area contributed by atoms with Crippen LogP contribution in [0.15, 0.2) is 132 Å². The van der Waals surface area contributed by atoms with E-state index in [0.29, 0.717) is 0 Å². The lowest BCUT2D eigenvalue weighted by Crippen LogP contribution is -2.29. The predicted octanol–water partition coefficient (Wildman–Crippen LogP) is 8.21. The van der Waals surface area contributed by atoms with Gasteiger partial charge >= 0.3 is 0 Å². The monoisotopic (exact) mass is 508 g/mol. The van der Waals surface area contributed by atoms with Crippen LogP contribution in [0.1, 0.15) is 16.7 Å². The molecule has 0 saturated carbocycles. The summed E-state index contributed by atoms with van der Waals surface area (Å²) in [6.45, 7) is 0. The molecule has 5 aromatic carbocycles. The summed E-state index contributed by atoms with van der Waals surface area (Å²) >= 11 is 3.63. The zero-order valence-electron chi connectivity index (χ0n) is 18.3. The Kier molecular flexibility index (Phi) is 6.14. The highest BCUT2D eigenvalue weighted by Crippen LogP contribution is 2.44. The van der Waals surface area contributed by atoms with Crippen molar-refractivity contribution < 1.29 is 9.50 Å². The van der Waals surface area contributed by atoms with Gasteiger partial charge in [0.25, 0.3) is 0 Å². The van der Waals surface area contributed by atoms with Crippen molar-refractivity contribution in [1.29, 1.82) is 0 Å². The van der Waals surface area contributed by atoms with Gasteiger partial charge in [-0.25, -0.2) is 4.39 Å². The maximum atomic E-state index is 13.6. The van der Waals surface area contributed by atoms with Crippen molar-refractivity contribution in [2.24, 2.45) is 0 Å². The summed E-state index contributed by atoms with van der Waals surface area (Å²) in [6.07, 6.45) is 0. The van der Waals surface area contributed by atoms with Crippen LogP contribution in [0.25, 0.3) is 22.3 Å². The molecule has 5 rings (SSSR count). The number of hydrogen-bond acceptors (Lipinski definition) is 1. The minimum atomic E-state index is -1.39. The average molecular weight is 509 g/mol. The molecule has 0 saturated heterocycles. The van der Waals surface area contributed by atoms with Crippen LogP contribution in [0.5, 0.6) is 0 Å². The third kappa shape index (κ3) is 4.09. The summed E-state index contributed by atoms with van der Waals surface area (Å²) in [6, 6.07) is 40.0. The zero-order valence-corrected chi connectivity index (χ0v) is 19.9. The second kappa shape index (κ2) is 9.38. The van der Waals surface area contributed by atoms with Crippen LogP contribution in [0, 0.1) is 5.82 Å². The van der Waals surface area contributed by atoms with Crippen molar-refractivity contribution in [3.8, 4) is 22.3 Å². The van der Waals surface area contributed by atoms with Gasteiger partial charge < -0.3 is 5.11 Å². The van der Waals surface area contributed by atoms with Crippen molar-refractivity contribution in [3.05, 3.63) is 154 Å². The molecule has 0 aliphatic rings. The second-order valence-electron chi connectivity index (χ2n) is 8.18. The molecule has 166 valence electrons. The van der Waals surface area contributed by atoms with Crippen LogP contribution in [0.2, 0.25) is 0 Å². The van der Waals surface area contributed by atoms with Crippen LogP contribution < -0.4 is 0 Å². The second-order valence-corrected chi connectivity index (χ2v) is 9.10. The fourth-order valence-electron chi connectivity index (χ4n) is 4.49. The maximum absolute atomic E-state index is 13.6. The summed E-state index contributed by atoms with van der Waals surface area (Å²) in [5.74, 6) is -0.270. The van der Waals surface area contributed by atoms with E-state index in [1.807, 2.05) is 103 Å². The first kappa shape index (κ1) is 22.3. The molecule has 0 bridgehead atoms. The quantitative estimate of drug-likeness (QED) is 0.237. The maximum Gasteiger partial charge on any atom is 0.141 e. The van der Waals surface area contributed by atoms with Crippen molar-refractivity contribution in [2.45, 2.75) is 5.60 Å². The van der Waals surface area contributed by atoms with E-state index in [4.69, 9.17) is 0 Å². The van der Waals surface area contributed by atoms with Crippen molar-refractivity contribution >= 4 is 15.9 Å². The molecule has 0 radical (unpaired) electrons. The number of hydrogen-bond donors (Lipinski definition) is 1. The molecular weight excluding hydrogens is 487 g/mol. The Balaban J connectivity index is 1.81. The summed E-state index contributed by atoms with van der Waals surface area (Å²) in [4.78, 5) is 0. The Labute approximate surface area is 207 Å². The Hall–Kier alpha value is -3.53. The normalized spacial score (nSPS) is 11.4. The van der Waals surface area contributed by atoms with Gasteiger partial charge in [-0.3, -0.25) is 0 Å². The van der Waals surface area contributed by atoms with E-state index in [1.165, 1.54) is 12.1 Å². The number of halogens is 2. The fraction of sp³-hybridized carbons (Fsp3) is 0.0323. The molecule has 34 heavy (non-hydrogen) atoms. The highest BCUT2D eigenvalue weighted by Gasteiger charge is 2.36. The topological polar surface area (TPSA) is 20.2 Å². The Morgan fingerprint density at radius 2 is 1.09 bits per heavy atom. The third-order valence-corrected chi connectivity index (χ3v) is 6.62. The molecule has 0 aromatic heterocycles. The molecule has 0 heterocycles. The lowest BCUT2D eigenvalue weighted by molar-refractivity contribution is 0.126. The van der Waals surface area contributed by atoms with E-state index in [0.717, 1.165) is 43.4 Å². The smallest absolute Gasteiger partial charge is 0.141 e. The molecule has 3 heteroatoms. The van der Waals surface area contributed by atoms with Gasteiger partial charge in [0.1, 0.15) is 11.4 Å². The average Bonchev–Trinajstić information content (AvgIpc) is 2.90. The van der Waals surface area contributed by atoms with Gasteiger partial charge in [0.05, 0.1) is 0 Å². The van der Waals surface area contributed by atoms with Gasteiger partial charge in [-0.1, -0.05) is 119 Å². The molecule has 0 amide bonds. The minimum Gasteiger partial charge on any atom is -0.376 e. The molecule has 0 spiro atoms. The number of rotatable bonds is 5. The van der Waals surface area contributed by atoms with Crippen molar-refractivity contribution in [2.75, 3.05) is 0 Å². The van der Waals surface area contributed by atoms with Crippen LogP contribution >= 0.6 is 15.9 Å². The van der Waals surface area contributed by atoms with E-state index < -0.39 is 5.60 Å². The van der Waals surface area contributed by atoms with Gasteiger partial charge in [0.2, 0.25) is 0 Å². The van der Waals surface area contributed by atoms with Crippen LogP contribution in [0.3, 0.4) is 0 Å². The minimum absolute atomic E-state index is 0.270. The molecule has 0 atom stereocenters. The van der Waals surface area contributed by atoms with Gasteiger partial charge in [0.15, 0.2) is 0 Å². The summed E-state index contributed by atoms with van der Waals surface area (Å²) in [7, 11) is 0. The van der Waals surface area contributed by atoms with Crippen LogP contribution in [-0.4, -0.2) is 5.11 Å². The highest BCUT2D eigenvalue weighted by atomic mass is 79.9. The molecule has 0 unspecified atom stereocenters. The van der Waals surface area contributed by atoms with E-state index >= 15 is 0 Å². The Morgan fingerprint density at radius 1 is 0.559 bits per heavy atom. The molecule has 0 aliphatic carbocycles. The predicted molar refractivity (Wildman–Crippen MR) is 140 cm³/mol. The summed E-state index contributed by atoms with van der Waals surface area (Å²) < 4.78 is 14.5. The third-order valence-electron chi connectivity index (χ3n) is 6.13. The van der Waals surface area contributed by atoms with Crippen LogP contribution in [-0.2, 0) is 5.60 Å². The van der Waals surface area contributed by atoms with Crippen LogP contribution in [0.4, 0.5) is 4.39 Å². The van der Waals surface area contributed by atoms with E-state index in [1.54, 1.807) is 12.1 Å². The standard InChI is InChI=1S/C31H22BrFO/c32-25-17-20-29(28-14-8-7-13-27(28)22-15-18-26(33)19-16-22)30(21-25)31(34,23-9-3-1-4-10-23)24-11-5-2-6-12-24/h1-21,34H. The first-order chi connectivity index (χ1) is 16.6. The van der Waals surface area contributed by atoms with Crippen molar-refractivity contribution in [1.82, 2.24) is 0 Å². The molecule has 0 aliphatic heterocycles. The summed E-state index contributed by atoms with van der Waals surface area (Å²) in [5.41, 5.74) is 4.66. The lowest BCUT2D eigenvalue weighted by Gasteiger charge is -2.32. The van der Waals surface area contributed by atoms with Gasteiger partial charge in [-0.2, -0.15) is 0 Å². The first-order valence-corrected chi connectivity index (χ1v) is 11.9. The fourth-order valence-corrected chi connectivity index (χ4v) is 4.85. The molecule has 1 nitrogen and oxygen atoms in total. The Bertz CT molecular complexity index is 1370. The van der Waals surface area contributed by atoms with E-state index in [9.17, 15) is 9.50 Å². The molecule has 5 aromatic rings. The molecular formula is C31H22BrFO. The van der Waals surface area contributed by atoms with Crippen molar-refractivity contribution in [3.63, 3.8) is 0 Å². The molecule has 0 fully saturated rings. The summed E-state index contributed by atoms with van der Waals surface area (Å²) in [5, 5.41) is 12.5. The van der Waals surface area contributed by atoms with Gasteiger partial charge in [0, 0.05) is 10.0 Å². The SMILES string of the molecule is OC(c1ccccc1)(c1ccccc1)c1cc(Br)ccc1-c1ccccc1-c1ccc(F)cc1. The number of benzene rings is 5. The zero-order chi connectivity index (χ0) is 23.5. The van der Waals surface area contributed by atoms with E-state index in [2.05, 4.69) is 15.9 Å². The first-order valence-electron chi connectivity index (χ1n) is 11.1. The highest BCUT2D eigenvalue weighted by molar-refractivity contribution is 9.10. The van der Waals surface area contributed by atoms with Gasteiger partial charge in [-0.05, 0) is 57.6 Å². The lowest BCUT2D eigenvalue weighted by atomic mass is 9.76. The largest absolute Gasteiger partial charge is 0.376 e. The van der Waals surface area contributed by atoms with Gasteiger partial charge in [-0.15, -0.1) is 0 Å².